The van der Waals surface area contributed by atoms with Crippen LogP contribution in [0.15, 0.2) is 35.7 Å². The highest BCUT2D eigenvalue weighted by atomic mass is 32.1. The molecule has 2 rings (SSSR count). The molecule has 0 saturated heterocycles. The molecular weight excluding hydrogens is 216 g/mol. The summed E-state index contributed by atoms with van der Waals surface area (Å²) in [4.78, 5) is 1.44. The Hall–Kier alpha value is -1.28. The van der Waals surface area contributed by atoms with Crippen molar-refractivity contribution in [2.24, 2.45) is 0 Å². The second-order valence-electron chi connectivity index (χ2n) is 4.12. The molecule has 1 nitrogen and oxygen atoms in total. The Morgan fingerprint density at radius 1 is 1.06 bits per heavy atom. The Morgan fingerprint density at radius 2 is 1.75 bits per heavy atom. The highest BCUT2D eigenvalue weighted by Gasteiger charge is 2.05. The van der Waals surface area contributed by atoms with E-state index in [2.05, 4.69) is 37.4 Å². The molecule has 0 aliphatic rings. The molecule has 0 spiro atoms. The first-order valence-electron chi connectivity index (χ1n) is 5.43. The molecule has 0 aliphatic carbocycles. The summed E-state index contributed by atoms with van der Waals surface area (Å²) in [5.74, 6) is 1.51. The Morgan fingerprint density at radius 3 is 2.25 bits per heavy atom. The summed E-state index contributed by atoms with van der Waals surface area (Å²) in [6.45, 7) is 4.45. The highest BCUT2D eigenvalue weighted by molar-refractivity contribution is 7.10. The fourth-order valence-electron chi connectivity index (χ4n) is 1.59. The first-order chi connectivity index (χ1) is 7.70. The summed E-state index contributed by atoms with van der Waals surface area (Å²) >= 11 is 1.83. The molecule has 0 aliphatic heterocycles. The van der Waals surface area contributed by atoms with Gasteiger partial charge in [-0.2, -0.15) is 0 Å². The van der Waals surface area contributed by atoms with Crippen molar-refractivity contribution in [3.63, 3.8) is 0 Å². The second kappa shape index (κ2) is 4.71. The quantitative estimate of drug-likeness (QED) is 0.754. The number of hydrogen-bond acceptors (Lipinski definition) is 2. The fraction of sp³-hybridized carbons (Fsp3) is 0.286. The number of methoxy groups -OCH3 is 1. The Bertz CT molecular complexity index is 454. The summed E-state index contributed by atoms with van der Waals surface area (Å²) in [7, 11) is 1.69. The van der Waals surface area contributed by atoms with Crippen LogP contribution in [0, 0.1) is 0 Å². The van der Waals surface area contributed by atoms with Gasteiger partial charge in [0.15, 0.2) is 0 Å². The van der Waals surface area contributed by atoms with Crippen LogP contribution in [0.1, 0.15) is 24.6 Å². The molecule has 2 aromatic rings. The summed E-state index contributed by atoms with van der Waals surface area (Å²) < 4.78 is 5.15. The lowest BCUT2D eigenvalue weighted by molar-refractivity contribution is 0.415. The number of ether oxygens (including phenoxy) is 1. The van der Waals surface area contributed by atoms with Crippen molar-refractivity contribution in [2.45, 2.75) is 19.8 Å². The van der Waals surface area contributed by atoms with Crippen LogP contribution in [0.3, 0.4) is 0 Å². The minimum atomic E-state index is 0.608. The standard InChI is InChI=1S/C14H16OS/c1-10(2)14-8-12(9-16-14)11-4-6-13(15-3)7-5-11/h4-10H,1-3H3. The average Bonchev–Trinajstić information content (AvgIpc) is 2.78. The molecule has 84 valence electrons. The molecule has 0 bridgehead atoms. The molecular formula is C14H16OS. The highest BCUT2D eigenvalue weighted by Crippen LogP contribution is 2.30. The number of hydrogen-bond donors (Lipinski definition) is 0. The van der Waals surface area contributed by atoms with Gasteiger partial charge < -0.3 is 4.74 Å². The van der Waals surface area contributed by atoms with Crippen LogP contribution in [-0.2, 0) is 0 Å². The number of rotatable bonds is 3. The van der Waals surface area contributed by atoms with Crippen molar-refractivity contribution in [1.82, 2.24) is 0 Å². The SMILES string of the molecule is COc1ccc(-c2csc(C(C)C)c2)cc1. The van der Waals surface area contributed by atoms with Gasteiger partial charge in [-0.1, -0.05) is 26.0 Å². The van der Waals surface area contributed by atoms with E-state index < -0.39 is 0 Å². The van der Waals surface area contributed by atoms with Crippen molar-refractivity contribution >= 4 is 11.3 Å². The van der Waals surface area contributed by atoms with Crippen LogP contribution >= 0.6 is 11.3 Å². The molecule has 0 atom stereocenters. The predicted octanol–water partition coefficient (Wildman–Crippen LogP) is 4.55. The first-order valence-corrected chi connectivity index (χ1v) is 6.31. The summed E-state index contributed by atoms with van der Waals surface area (Å²) in [5, 5.41) is 2.22. The second-order valence-corrected chi connectivity index (χ2v) is 5.06. The van der Waals surface area contributed by atoms with Crippen LogP contribution in [-0.4, -0.2) is 7.11 Å². The van der Waals surface area contributed by atoms with Gasteiger partial charge in [-0.15, -0.1) is 11.3 Å². The van der Waals surface area contributed by atoms with E-state index in [9.17, 15) is 0 Å². The lowest BCUT2D eigenvalue weighted by Crippen LogP contribution is -1.82. The third-order valence-corrected chi connectivity index (χ3v) is 3.85. The normalized spacial score (nSPS) is 10.8. The molecule has 0 saturated carbocycles. The summed E-state index contributed by atoms with van der Waals surface area (Å²) in [5.41, 5.74) is 2.56. The van der Waals surface area contributed by atoms with Crippen molar-refractivity contribution in [2.75, 3.05) is 7.11 Å². The van der Waals surface area contributed by atoms with Crippen molar-refractivity contribution in [3.8, 4) is 16.9 Å². The summed E-state index contributed by atoms with van der Waals surface area (Å²) in [6, 6.07) is 10.5. The Kier molecular flexibility index (Phi) is 3.30. The largest absolute Gasteiger partial charge is 0.497 e. The van der Waals surface area contributed by atoms with Crippen LogP contribution in [0.4, 0.5) is 0 Å². The zero-order chi connectivity index (χ0) is 11.5. The van der Waals surface area contributed by atoms with E-state index in [0.29, 0.717) is 5.92 Å². The molecule has 0 N–H and O–H groups in total. The lowest BCUT2D eigenvalue weighted by atomic mass is 10.1. The van der Waals surface area contributed by atoms with Gasteiger partial charge in [0.25, 0.3) is 0 Å². The molecule has 0 fully saturated rings. The fourth-order valence-corrected chi connectivity index (χ4v) is 2.52. The van der Waals surface area contributed by atoms with Crippen molar-refractivity contribution in [3.05, 3.63) is 40.6 Å². The molecule has 1 aromatic carbocycles. The van der Waals surface area contributed by atoms with Gasteiger partial charge in [0.05, 0.1) is 7.11 Å². The molecule has 1 heterocycles. The third-order valence-electron chi connectivity index (χ3n) is 2.61. The van der Waals surface area contributed by atoms with E-state index >= 15 is 0 Å². The van der Waals surface area contributed by atoms with Gasteiger partial charge in [-0.05, 0) is 40.6 Å². The summed E-state index contributed by atoms with van der Waals surface area (Å²) in [6.07, 6.45) is 0. The van der Waals surface area contributed by atoms with Crippen LogP contribution in [0.5, 0.6) is 5.75 Å². The van der Waals surface area contributed by atoms with Crippen LogP contribution in [0.2, 0.25) is 0 Å². The third kappa shape index (κ3) is 2.27. The Labute approximate surface area is 101 Å². The lowest BCUT2D eigenvalue weighted by Gasteiger charge is -2.01. The molecule has 1 aromatic heterocycles. The van der Waals surface area contributed by atoms with Gasteiger partial charge in [0.2, 0.25) is 0 Å². The van der Waals surface area contributed by atoms with Gasteiger partial charge in [0.1, 0.15) is 5.75 Å². The minimum absolute atomic E-state index is 0.608. The zero-order valence-electron chi connectivity index (χ0n) is 9.86. The van der Waals surface area contributed by atoms with Gasteiger partial charge in [0, 0.05) is 4.88 Å². The molecule has 0 unspecified atom stereocenters. The number of benzene rings is 1. The minimum Gasteiger partial charge on any atom is -0.497 e. The van der Waals surface area contributed by atoms with E-state index in [-0.39, 0.29) is 0 Å². The first kappa shape index (κ1) is 11.2. The van der Waals surface area contributed by atoms with E-state index in [0.717, 1.165) is 5.75 Å². The molecule has 0 radical (unpaired) electrons. The van der Waals surface area contributed by atoms with Gasteiger partial charge in [-0.3, -0.25) is 0 Å². The van der Waals surface area contributed by atoms with Gasteiger partial charge in [-0.25, -0.2) is 0 Å². The maximum absolute atomic E-state index is 5.15. The van der Waals surface area contributed by atoms with Crippen LogP contribution in [0.25, 0.3) is 11.1 Å². The average molecular weight is 232 g/mol. The molecule has 0 amide bonds. The topological polar surface area (TPSA) is 9.23 Å². The monoisotopic (exact) mass is 232 g/mol. The van der Waals surface area contributed by atoms with E-state index in [1.165, 1.54) is 16.0 Å². The molecule has 2 heteroatoms. The van der Waals surface area contributed by atoms with Crippen molar-refractivity contribution < 1.29 is 4.74 Å². The van der Waals surface area contributed by atoms with Crippen molar-refractivity contribution in [1.29, 1.82) is 0 Å². The molecule has 16 heavy (non-hydrogen) atoms. The predicted molar refractivity (Wildman–Crippen MR) is 70.4 cm³/mol. The van der Waals surface area contributed by atoms with Crippen LogP contribution < -0.4 is 4.74 Å². The maximum atomic E-state index is 5.15. The number of thiophene rings is 1. The maximum Gasteiger partial charge on any atom is 0.118 e. The zero-order valence-corrected chi connectivity index (χ0v) is 10.7. The van der Waals surface area contributed by atoms with Gasteiger partial charge >= 0.3 is 0 Å². The Balaban J connectivity index is 2.28. The van der Waals surface area contributed by atoms with E-state index in [4.69, 9.17) is 4.74 Å². The smallest absolute Gasteiger partial charge is 0.118 e. The van der Waals surface area contributed by atoms with E-state index in [1.54, 1.807) is 7.11 Å². The van der Waals surface area contributed by atoms with E-state index in [1.807, 2.05) is 23.5 Å².